The Hall–Kier alpha value is -2.52. The maximum atomic E-state index is 11.3. The maximum absolute atomic E-state index is 11.3. The summed E-state index contributed by atoms with van der Waals surface area (Å²) in [6.07, 6.45) is 1.66. The zero-order chi connectivity index (χ0) is 15.4. The van der Waals surface area contributed by atoms with Crippen molar-refractivity contribution in [3.8, 4) is 0 Å². The molecule has 0 radical (unpaired) electrons. The van der Waals surface area contributed by atoms with Crippen LogP contribution < -0.4 is 27.4 Å². The zero-order valence-corrected chi connectivity index (χ0v) is 11.0. The first kappa shape index (κ1) is 17.5. The number of hydrogen-bond acceptors (Lipinski definition) is 4. The largest absolute Gasteiger partial charge is 0.480 e. The van der Waals surface area contributed by atoms with E-state index in [9.17, 15) is 14.4 Å². The van der Waals surface area contributed by atoms with Crippen LogP contribution in [-0.2, 0) is 9.59 Å². The van der Waals surface area contributed by atoms with Crippen molar-refractivity contribution in [2.24, 2.45) is 16.5 Å². The molecule has 10 heteroatoms. The predicted molar refractivity (Wildman–Crippen MR) is 71.9 cm³/mol. The molecule has 0 aliphatic carbocycles. The molecule has 8 N–H and O–H groups in total. The molecule has 0 unspecified atom stereocenters. The molecule has 20 heavy (non-hydrogen) atoms. The molecule has 0 rings (SSSR count). The third-order valence-electron chi connectivity index (χ3n) is 2.20. The molecular formula is C10H20N6O4. The van der Waals surface area contributed by atoms with Gasteiger partial charge in [0, 0.05) is 13.1 Å². The Morgan fingerprint density at radius 2 is 1.95 bits per heavy atom. The highest BCUT2D eigenvalue weighted by atomic mass is 16.4. The first-order valence-electron chi connectivity index (χ1n) is 5.97. The molecule has 114 valence electrons. The fourth-order valence-electron chi connectivity index (χ4n) is 1.20. The standard InChI is InChI=1S/C10H20N6O4/c11-9(12)13-3-1-2-4-14-10(20)15-5-7(8(18)19)16-6-17/h6-7H,1-5H2,(H,16,17)(H,18,19)(H4,11,12,13)(H2,14,15,20)/t7-/m0/s1. The van der Waals surface area contributed by atoms with E-state index in [1.807, 2.05) is 0 Å². The van der Waals surface area contributed by atoms with Gasteiger partial charge >= 0.3 is 12.0 Å². The number of nitrogens with two attached hydrogens (primary N) is 2. The van der Waals surface area contributed by atoms with Gasteiger partial charge in [-0.1, -0.05) is 0 Å². The molecule has 3 amide bonds. The number of urea groups is 1. The van der Waals surface area contributed by atoms with Gasteiger partial charge in [-0.25, -0.2) is 9.59 Å². The summed E-state index contributed by atoms with van der Waals surface area (Å²) in [6, 6.07) is -1.66. The number of rotatable bonds is 10. The summed E-state index contributed by atoms with van der Waals surface area (Å²) in [5, 5.41) is 15.7. The number of nitrogens with zero attached hydrogens (tertiary/aromatic N) is 1. The van der Waals surface area contributed by atoms with Gasteiger partial charge in [0.25, 0.3) is 0 Å². The van der Waals surface area contributed by atoms with Crippen LogP contribution in [0.1, 0.15) is 12.8 Å². The molecular weight excluding hydrogens is 268 g/mol. The van der Waals surface area contributed by atoms with E-state index in [-0.39, 0.29) is 18.9 Å². The summed E-state index contributed by atoms with van der Waals surface area (Å²) in [6.45, 7) is 0.689. The lowest BCUT2D eigenvalue weighted by Gasteiger charge is -2.12. The van der Waals surface area contributed by atoms with Crippen molar-refractivity contribution in [3.63, 3.8) is 0 Å². The van der Waals surface area contributed by atoms with Gasteiger partial charge in [0.15, 0.2) is 5.96 Å². The molecule has 0 aromatic rings. The molecule has 0 spiro atoms. The fourth-order valence-corrected chi connectivity index (χ4v) is 1.20. The summed E-state index contributed by atoms with van der Waals surface area (Å²) in [5.41, 5.74) is 10.3. The number of carbonyl (C=O) groups is 3. The van der Waals surface area contributed by atoms with Crippen LogP contribution in [0.25, 0.3) is 0 Å². The number of carboxylic acid groups (broad SMARTS) is 1. The van der Waals surface area contributed by atoms with Crippen molar-refractivity contribution >= 4 is 24.4 Å². The number of carbonyl (C=O) groups excluding carboxylic acids is 2. The second-order valence-corrected chi connectivity index (χ2v) is 3.83. The number of aliphatic carboxylic acids is 1. The summed E-state index contributed by atoms with van der Waals surface area (Å²) < 4.78 is 0. The first-order chi connectivity index (χ1) is 9.47. The second kappa shape index (κ2) is 10.4. The Morgan fingerprint density at radius 1 is 1.25 bits per heavy atom. The average Bonchev–Trinajstić information content (AvgIpc) is 2.37. The molecule has 0 aliphatic rings. The first-order valence-corrected chi connectivity index (χ1v) is 5.97. The van der Waals surface area contributed by atoms with Gasteiger partial charge in [-0.05, 0) is 12.8 Å². The molecule has 0 bridgehead atoms. The van der Waals surface area contributed by atoms with Crippen molar-refractivity contribution in [2.45, 2.75) is 18.9 Å². The van der Waals surface area contributed by atoms with E-state index in [1.165, 1.54) is 0 Å². The van der Waals surface area contributed by atoms with Gasteiger partial charge in [0.05, 0.1) is 6.54 Å². The molecule has 0 heterocycles. The normalized spacial score (nSPS) is 11.0. The van der Waals surface area contributed by atoms with E-state index in [0.717, 1.165) is 0 Å². The van der Waals surface area contributed by atoms with Crippen molar-refractivity contribution in [1.82, 2.24) is 16.0 Å². The molecule has 0 saturated carbocycles. The van der Waals surface area contributed by atoms with Gasteiger partial charge in [-0.3, -0.25) is 9.79 Å². The van der Waals surface area contributed by atoms with E-state index in [4.69, 9.17) is 16.6 Å². The van der Waals surface area contributed by atoms with Gasteiger partial charge in [0.1, 0.15) is 6.04 Å². The predicted octanol–water partition coefficient (Wildman–Crippen LogP) is -2.46. The van der Waals surface area contributed by atoms with Crippen LogP contribution in [0.3, 0.4) is 0 Å². The lowest BCUT2D eigenvalue weighted by molar-refractivity contribution is -0.140. The van der Waals surface area contributed by atoms with Crippen LogP contribution in [0.15, 0.2) is 4.99 Å². The Bertz CT molecular complexity index is 356. The fraction of sp³-hybridized carbons (Fsp3) is 0.600. The van der Waals surface area contributed by atoms with E-state index >= 15 is 0 Å². The number of amides is 3. The Balaban J connectivity index is 3.70. The van der Waals surface area contributed by atoms with E-state index in [2.05, 4.69) is 20.9 Å². The number of hydrogen-bond donors (Lipinski definition) is 6. The summed E-state index contributed by atoms with van der Waals surface area (Å²) in [7, 11) is 0. The van der Waals surface area contributed by atoms with Crippen molar-refractivity contribution in [3.05, 3.63) is 0 Å². The van der Waals surface area contributed by atoms with Gasteiger partial charge in [0.2, 0.25) is 6.41 Å². The zero-order valence-electron chi connectivity index (χ0n) is 11.0. The highest BCUT2D eigenvalue weighted by Crippen LogP contribution is 1.87. The third kappa shape index (κ3) is 9.50. The van der Waals surface area contributed by atoms with Crippen LogP contribution >= 0.6 is 0 Å². The minimum Gasteiger partial charge on any atom is -0.480 e. The molecule has 0 aliphatic heterocycles. The highest BCUT2D eigenvalue weighted by molar-refractivity contribution is 5.79. The summed E-state index contributed by atoms with van der Waals surface area (Å²) >= 11 is 0. The number of carboxylic acids is 1. The van der Waals surface area contributed by atoms with Gasteiger partial charge < -0.3 is 32.5 Å². The van der Waals surface area contributed by atoms with E-state index < -0.39 is 18.0 Å². The topological polar surface area (TPSA) is 172 Å². The van der Waals surface area contributed by atoms with Crippen LogP contribution in [0.5, 0.6) is 0 Å². The monoisotopic (exact) mass is 288 g/mol. The van der Waals surface area contributed by atoms with Crippen LogP contribution in [0.2, 0.25) is 0 Å². The van der Waals surface area contributed by atoms with Gasteiger partial charge in [-0.15, -0.1) is 0 Å². The van der Waals surface area contributed by atoms with Crippen LogP contribution in [0.4, 0.5) is 4.79 Å². The molecule has 1 atom stereocenters. The van der Waals surface area contributed by atoms with Crippen molar-refractivity contribution < 1.29 is 19.5 Å². The molecule has 0 aromatic heterocycles. The number of aliphatic imine (C=N–C) groups is 1. The second-order valence-electron chi connectivity index (χ2n) is 3.83. The smallest absolute Gasteiger partial charge is 0.328 e. The minimum absolute atomic E-state index is 0.0260. The van der Waals surface area contributed by atoms with E-state index in [1.54, 1.807) is 0 Å². The molecule has 0 fully saturated rings. The average molecular weight is 288 g/mol. The highest BCUT2D eigenvalue weighted by Gasteiger charge is 2.16. The quantitative estimate of drug-likeness (QED) is 0.112. The number of guanidine groups is 1. The Morgan fingerprint density at radius 3 is 2.50 bits per heavy atom. The van der Waals surface area contributed by atoms with Crippen molar-refractivity contribution in [2.75, 3.05) is 19.6 Å². The van der Waals surface area contributed by atoms with Gasteiger partial charge in [-0.2, -0.15) is 0 Å². The maximum Gasteiger partial charge on any atom is 0.328 e. The Kier molecular flexibility index (Phi) is 9.10. The Labute approximate surface area is 116 Å². The SMILES string of the molecule is NC(N)=NCCCCNC(=O)NC[C@H](NC=O)C(=O)O. The molecule has 0 aromatic carbocycles. The summed E-state index contributed by atoms with van der Waals surface area (Å²) in [5.74, 6) is -1.20. The lowest BCUT2D eigenvalue weighted by atomic mass is 10.3. The molecule has 0 saturated heterocycles. The van der Waals surface area contributed by atoms with Crippen molar-refractivity contribution in [1.29, 1.82) is 0 Å². The molecule has 10 nitrogen and oxygen atoms in total. The summed E-state index contributed by atoms with van der Waals surface area (Å²) in [4.78, 5) is 35.9. The van der Waals surface area contributed by atoms with E-state index in [0.29, 0.717) is 25.9 Å². The number of unbranched alkanes of at least 4 members (excludes halogenated alkanes) is 1. The number of nitrogens with one attached hydrogen (secondary N) is 3. The third-order valence-corrected chi connectivity index (χ3v) is 2.20. The lowest BCUT2D eigenvalue weighted by Crippen LogP contribution is -2.48. The minimum atomic E-state index is -1.23. The van der Waals surface area contributed by atoms with Crippen LogP contribution in [-0.4, -0.2) is 55.2 Å². The van der Waals surface area contributed by atoms with Crippen LogP contribution in [0, 0.1) is 0 Å².